The first-order valence-electron chi connectivity index (χ1n) is 6.76. The molecule has 0 saturated heterocycles. The fourth-order valence-corrected chi connectivity index (χ4v) is 4.21. The molecule has 5 heteroatoms. The molecule has 106 valence electrons. The van der Waals surface area contributed by atoms with Gasteiger partial charge < -0.3 is 0 Å². The molecule has 0 amide bonds. The average molecular weight is 331 g/mol. The van der Waals surface area contributed by atoms with Crippen LogP contribution in [0.4, 0.5) is 0 Å². The molecule has 4 aromatic rings. The van der Waals surface area contributed by atoms with Crippen LogP contribution in [-0.4, -0.2) is 8.75 Å². The lowest BCUT2D eigenvalue weighted by atomic mass is 10.1. The van der Waals surface area contributed by atoms with E-state index in [-0.39, 0.29) is 0 Å². The third-order valence-electron chi connectivity index (χ3n) is 2.99. The second-order valence-electron chi connectivity index (χ2n) is 4.08. The molecule has 3 heterocycles. The zero-order chi connectivity index (χ0) is 14.7. The number of benzene rings is 1. The van der Waals surface area contributed by atoms with E-state index in [9.17, 15) is 0 Å². The zero-order valence-electron chi connectivity index (χ0n) is 11.7. The molecule has 0 spiro atoms. The molecule has 2 nitrogen and oxygen atoms in total. The van der Waals surface area contributed by atoms with E-state index in [1.54, 1.807) is 22.7 Å². The summed E-state index contributed by atoms with van der Waals surface area (Å²) < 4.78 is 8.97. The summed E-state index contributed by atoms with van der Waals surface area (Å²) in [6.45, 7) is 4.00. The summed E-state index contributed by atoms with van der Waals surface area (Å²) in [4.78, 5) is 2.49. The molecule has 0 aliphatic heterocycles. The highest BCUT2D eigenvalue weighted by atomic mass is 32.1. The van der Waals surface area contributed by atoms with E-state index in [1.807, 2.05) is 13.8 Å². The van der Waals surface area contributed by atoms with Gasteiger partial charge in [-0.3, -0.25) is 0 Å². The minimum absolute atomic E-state index is 1.01. The van der Waals surface area contributed by atoms with Gasteiger partial charge in [0.1, 0.15) is 11.0 Å². The van der Waals surface area contributed by atoms with Gasteiger partial charge >= 0.3 is 0 Å². The summed E-state index contributed by atoms with van der Waals surface area (Å²) in [7, 11) is 0. The maximum Gasteiger partial charge on any atom is 0.114 e. The smallest absolute Gasteiger partial charge is 0.114 e. The fraction of sp³-hybridized carbons (Fsp3) is 0.125. The van der Waals surface area contributed by atoms with Crippen molar-refractivity contribution < 1.29 is 0 Å². The number of hydrogen-bond donors (Lipinski definition) is 0. The zero-order valence-corrected chi connectivity index (χ0v) is 14.2. The van der Waals surface area contributed by atoms with Crippen LogP contribution < -0.4 is 0 Å². The number of aromatic nitrogens is 2. The molecule has 4 rings (SSSR count). The maximum atomic E-state index is 4.49. The molecular formula is C16H14N2S3. The maximum absolute atomic E-state index is 4.49. The van der Waals surface area contributed by atoms with Crippen LogP contribution in [0.2, 0.25) is 0 Å². The van der Waals surface area contributed by atoms with Gasteiger partial charge in [0.05, 0.1) is 11.7 Å². The first kappa shape index (κ1) is 14.4. The lowest BCUT2D eigenvalue weighted by molar-refractivity contribution is 1.50. The predicted octanol–water partition coefficient (Wildman–Crippen LogP) is 6.17. The third-order valence-corrected chi connectivity index (χ3v) is 5.32. The molecule has 0 fully saturated rings. The van der Waals surface area contributed by atoms with Crippen molar-refractivity contribution in [3.8, 4) is 20.9 Å². The molecule has 0 unspecified atom stereocenters. The Kier molecular flexibility index (Phi) is 4.43. The largest absolute Gasteiger partial charge is 0.172 e. The monoisotopic (exact) mass is 330 g/mol. The molecular weight excluding hydrogens is 316 g/mol. The molecule has 0 aliphatic rings. The van der Waals surface area contributed by atoms with E-state index in [0.29, 0.717) is 0 Å². The van der Waals surface area contributed by atoms with Crippen LogP contribution in [0.5, 0.6) is 0 Å². The molecule has 0 saturated carbocycles. The van der Waals surface area contributed by atoms with E-state index in [4.69, 9.17) is 0 Å². The summed E-state index contributed by atoms with van der Waals surface area (Å²) in [5, 5.41) is 4.18. The van der Waals surface area contributed by atoms with Crippen LogP contribution in [0.15, 0.2) is 47.2 Å². The standard InChI is InChI=1S/C14H8N2S3.C2H6/c1-3-11(17-7-1)9-5-6-10(12-4-2-8-18-12)14-13(9)15-19-16-14;1-2/h1-8H;1-2H3. The van der Waals surface area contributed by atoms with Crippen molar-refractivity contribution in [2.75, 3.05) is 0 Å². The van der Waals surface area contributed by atoms with Crippen molar-refractivity contribution in [2.24, 2.45) is 0 Å². The van der Waals surface area contributed by atoms with Crippen molar-refractivity contribution in [3.63, 3.8) is 0 Å². The highest BCUT2D eigenvalue weighted by molar-refractivity contribution is 7.14. The average Bonchev–Trinajstić information content (AvgIpc) is 3.28. The Balaban J connectivity index is 0.000000636. The number of rotatable bonds is 2. The van der Waals surface area contributed by atoms with E-state index < -0.39 is 0 Å². The van der Waals surface area contributed by atoms with Gasteiger partial charge in [-0.2, -0.15) is 8.75 Å². The Bertz CT molecular complexity index is 746. The minimum atomic E-state index is 1.01. The molecule has 0 atom stereocenters. The van der Waals surface area contributed by atoms with Crippen LogP contribution in [0.25, 0.3) is 31.9 Å². The van der Waals surface area contributed by atoms with Gasteiger partial charge in [0.25, 0.3) is 0 Å². The lowest BCUT2D eigenvalue weighted by Gasteiger charge is -2.03. The Morgan fingerprint density at radius 2 is 1.19 bits per heavy atom. The highest BCUT2D eigenvalue weighted by Gasteiger charge is 2.13. The molecule has 1 aromatic carbocycles. The van der Waals surface area contributed by atoms with Crippen LogP contribution in [-0.2, 0) is 0 Å². The van der Waals surface area contributed by atoms with Gasteiger partial charge in [-0.25, -0.2) is 0 Å². The van der Waals surface area contributed by atoms with Crippen molar-refractivity contribution in [1.29, 1.82) is 0 Å². The first-order valence-corrected chi connectivity index (χ1v) is 9.25. The molecule has 0 bridgehead atoms. The summed E-state index contributed by atoms with van der Waals surface area (Å²) in [5.74, 6) is 0. The number of thiophene rings is 2. The van der Waals surface area contributed by atoms with Gasteiger partial charge in [-0.15, -0.1) is 22.7 Å². The summed E-state index contributed by atoms with van der Waals surface area (Å²) in [6.07, 6.45) is 0. The highest BCUT2D eigenvalue weighted by Crippen LogP contribution is 2.37. The van der Waals surface area contributed by atoms with Crippen molar-refractivity contribution >= 4 is 45.4 Å². The first-order chi connectivity index (χ1) is 10.4. The van der Waals surface area contributed by atoms with Gasteiger partial charge in [-0.1, -0.05) is 38.1 Å². The summed E-state index contributed by atoms with van der Waals surface area (Å²) >= 11 is 4.76. The van der Waals surface area contributed by atoms with Crippen molar-refractivity contribution in [2.45, 2.75) is 13.8 Å². The van der Waals surface area contributed by atoms with Crippen LogP contribution >= 0.6 is 34.4 Å². The molecule has 0 N–H and O–H groups in total. The molecule has 3 aromatic heterocycles. The summed E-state index contributed by atoms with van der Waals surface area (Å²) in [6, 6.07) is 12.7. The normalized spacial score (nSPS) is 10.4. The van der Waals surface area contributed by atoms with Gasteiger partial charge in [0.2, 0.25) is 0 Å². The molecule has 0 radical (unpaired) electrons. The van der Waals surface area contributed by atoms with E-state index >= 15 is 0 Å². The van der Waals surface area contributed by atoms with Gasteiger partial charge in [-0.05, 0) is 22.9 Å². The van der Waals surface area contributed by atoms with E-state index in [2.05, 4.69) is 55.9 Å². The van der Waals surface area contributed by atoms with Crippen molar-refractivity contribution in [3.05, 3.63) is 47.2 Å². The van der Waals surface area contributed by atoms with E-state index in [1.165, 1.54) is 32.6 Å². The van der Waals surface area contributed by atoms with Crippen molar-refractivity contribution in [1.82, 2.24) is 8.75 Å². The quantitative estimate of drug-likeness (QED) is 0.439. The Morgan fingerprint density at radius 1 is 0.714 bits per heavy atom. The Hall–Kier alpha value is -1.56. The predicted molar refractivity (Wildman–Crippen MR) is 95.4 cm³/mol. The van der Waals surface area contributed by atoms with Gasteiger partial charge in [0, 0.05) is 20.9 Å². The third kappa shape index (κ3) is 2.64. The fourth-order valence-electron chi connectivity index (χ4n) is 2.13. The second kappa shape index (κ2) is 6.47. The van der Waals surface area contributed by atoms with Crippen LogP contribution in [0.1, 0.15) is 13.8 Å². The van der Waals surface area contributed by atoms with Gasteiger partial charge in [0.15, 0.2) is 0 Å². The number of nitrogens with zero attached hydrogens (tertiary/aromatic N) is 2. The lowest BCUT2D eigenvalue weighted by Crippen LogP contribution is -1.81. The Morgan fingerprint density at radius 3 is 1.57 bits per heavy atom. The van der Waals surface area contributed by atoms with Crippen LogP contribution in [0, 0.1) is 0 Å². The second-order valence-corrected chi connectivity index (χ2v) is 6.50. The Labute approximate surface area is 136 Å². The summed E-state index contributed by atoms with van der Waals surface area (Å²) in [5.41, 5.74) is 4.38. The molecule has 21 heavy (non-hydrogen) atoms. The SMILES string of the molecule is CC.c1csc(-c2ccc(-c3cccs3)c3nsnc23)c1. The van der Waals surface area contributed by atoms with Crippen LogP contribution in [0.3, 0.4) is 0 Å². The number of fused-ring (bicyclic) bond motifs is 1. The minimum Gasteiger partial charge on any atom is -0.172 e. The van der Waals surface area contributed by atoms with E-state index in [0.717, 1.165) is 11.0 Å². The number of hydrogen-bond acceptors (Lipinski definition) is 5. The molecule has 0 aliphatic carbocycles. The topological polar surface area (TPSA) is 25.8 Å².